The van der Waals surface area contributed by atoms with Crippen LogP contribution < -0.4 is 4.74 Å². The van der Waals surface area contributed by atoms with E-state index in [0.29, 0.717) is 24.3 Å². The Hall–Kier alpha value is -3.35. The van der Waals surface area contributed by atoms with Crippen molar-refractivity contribution in [1.82, 2.24) is 14.3 Å². The Morgan fingerprint density at radius 2 is 1.94 bits per heavy atom. The van der Waals surface area contributed by atoms with Crippen LogP contribution in [0.4, 0.5) is 9.18 Å². The third kappa shape index (κ3) is 4.47. The van der Waals surface area contributed by atoms with Gasteiger partial charge >= 0.3 is 6.09 Å². The number of amides is 1. The normalized spacial score (nSPS) is 14.4. The fourth-order valence-corrected chi connectivity index (χ4v) is 3.83. The van der Waals surface area contributed by atoms with Crippen LogP contribution >= 0.6 is 0 Å². The minimum absolute atomic E-state index is 0.209. The van der Waals surface area contributed by atoms with E-state index < -0.39 is 11.4 Å². The molecule has 0 spiro atoms. The molecule has 0 saturated carbocycles. The number of nitrogens with zero attached hydrogens (tertiary/aromatic N) is 3. The lowest BCUT2D eigenvalue weighted by Gasteiger charge is -2.29. The maximum atomic E-state index is 14.2. The van der Waals surface area contributed by atoms with Gasteiger partial charge in [0.25, 0.3) is 0 Å². The maximum absolute atomic E-state index is 14.2. The lowest BCUT2D eigenvalue weighted by molar-refractivity contribution is 0.0270. The average Bonchev–Trinajstić information content (AvgIpc) is 3.17. The number of hydrogen-bond acceptors (Lipinski definition) is 4. The Labute approximate surface area is 187 Å². The van der Waals surface area contributed by atoms with Crippen LogP contribution in [0.15, 0.2) is 42.7 Å². The summed E-state index contributed by atoms with van der Waals surface area (Å²) in [5, 5.41) is 0. The molecule has 3 heterocycles. The van der Waals surface area contributed by atoms with Crippen molar-refractivity contribution in [3.8, 4) is 17.0 Å². The van der Waals surface area contributed by atoms with E-state index in [1.165, 1.54) is 18.7 Å². The number of halogens is 1. The van der Waals surface area contributed by atoms with Crippen molar-refractivity contribution in [3.05, 3.63) is 59.7 Å². The number of benzene rings is 1. The number of fused-ring (bicyclic) bond motifs is 1. The van der Waals surface area contributed by atoms with Crippen molar-refractivity contribution in [1.29, 1.82) is 0 Å². The van der Waals surface area contributed by atoms with Crippen LogP contribution in [0.25, 0.3) is 22.5 Å². The summed E-state index contributed by atoms with van der Waals surface area (Å²) in [4.78, 5) is 18.7. The Morgan fingerprint density at radius 1 is 1.16 bits per heavy atom. The molecule has 0 radical (unpaired) electrons. The second-order valence-electron chi connectivity index (χ2n) is 9.02. The fourth-order valence-electron chi connectivity index (χ4n) is 3.83. The van der Waals surface area contributed by atoms with Gasteiger partial charge in [-0.1, -0.05) is 6.08 Å². The molecule has 3 aromatic rings. The minimum Gasteiger partial charge on any atom is -0.494 e. The van der Waals surface area contributed by atoms with Crippen molar-refractivity contribution in [2.45, 2.75) is 39.7 Å². The average molecular weight is 438 g/mol. The van der Waals surface area contributed by atoms with Crippen LogP contribution in [-0.4, -0.2) is 46.2 Å². The summed E-state index contributed by atoms with van der Waals surface area (Å²) in [6.45, 7) is 8.75. The third-order valence-electron chi connectivity index (χ3n) is 5.41. The Kier molecular flexibility index (Phi) is 5.67. The van der Waals surface area contributed by atoms with Gasteiger partial charge in [-0.25, -0.2) is 14.2 Å². The highest BCUT2D eigenvalue weighted by Crippen LogP contribution is 2.29. The molecule has 0 N–H and O–H groups in total. The first-order valence-corrected chi connectivity index (χ1v) is 10.7. The molecule has 1 aromatic carbocycles. The molecule has 1 amide bonds. The van der Waals surface area contributed by atoms with Gasteiger partial charge in [-0.3, -0.25) is 0 Å². The quantitative estimate of drug-likeness (QED) is 0.544. The van der Waals surface area contributed by atoms with Gasteiger partial charge in [0.05, 0.1) is 12.8 Å². The van der Waals surface area contributed by atoms with Gasteiger partial charge in [0.1, 0.15) is 11.2 Å². The molecule has 1 aliphatic rings. The molecule has 1 aliphatic heterocycles. The molecule has 32 heavy (non-hydrogen) atoms. The van der Waals surface area contributed by atoms with Gasteiger partial charge in [-0.05, 0) is 75.1 Å². The van der Waals surface area contributed by atoms with Crippen LogP contribution in [0.3, 0.4) is 0 Å². The topological polar surface area (TPSA) is 56.1 Å². The predicted octanol–water partition coefficient (Wildman–Crippen LogP) is 5.48. The molecule has 7 heteroatoms. The van der Waals surface area contributed by atoms with Crippen molar-refractivity contribution in [2.75, 3.05) is 20.2 Å². The Morgan fingerprint density at radius 3 is 2.56 bits per heavy atom. The molecule has 0 aliphatic carbocycles. The number of pyridine rings is 1. The standard InChI is InChI=1S/C25H28FN3O3/c1-16-12-19(17-8-10-28(11-9-17)24(30)32-25(2,3)4)14-29-15-21(27-23(16)29)18-6-7-22(31-5)20(26)13-18/h6-8,12-15H,9-11H2,1-5H3. The van der Waals surface area contributed by atoms with Crippen molar-refractivity contribution in [2.24, 2.45) is 0 Å². The Balaban J connectivity index is 1.59. The number of hydrogen-bond donors (Lipinski definition) is 0. The molecule has 0 bridgehead atoms. The summed E-state index contributed by atoms with van der Waals surface area (Å²) >= 11 is 0. The van der Waals surface area contributed by atoms with E-state index in [2.05, 4.69) is 12.1 Å². The first-order chi connectivity index (χ1) is 15.1. The highest BCUT2D eigenvalue weighted by atomic mass is 19.1. The zero-order valence-corrected chi connectivity index (χ0v) is 19.1. The first kappa shape index (κ1) is 21.9. The molecule has 168 valence electrons. The lowest BCUT2D eigenvalue weighted by Crippen LogP contribution is -2.39. The molecular weight excluding hydrogens is 409 g/mol. The smallest absolute Gasteiger partial charge is 0.410 e. The van der Waals surface area contributed by atoms with E-state index in [0.717, 1.165) is 23.2 Å². The summed E-state index contributed by atoms with van der Waals surface area (Å²) in [5.41, 5.74) is 5.00. The second-order valence-corrected chi connectivity index (χ2v) is 9.02. The number of aromatic nitrogens is 2. The number of methoxy groups -OCH3 is 1. The summed E-state index contributed by atoms with van der Waals surface area (Å²) in [5.74, 6) is -0.206. The van der Waals surface area contributed by atoms with E-state index in [1.807, 2.05) is 44.5 Å². The third-order valence-corrected chi connectivity index (χ3v) is 5.41. The van der Waals surface area contributed by atoms with Crippen molar-refractivity contribution < 1.29 is 18.7 Å². The zero-order valence-electron chi connectivity index (χ0n) is 19.1. The molecule has 0 saturated heterocycles. The number of carbonyl (C=O) groups excluding carboxylic acids is 1. The summed E-state index contributed by atoms with van der Waals surface area (Å²) < 4.78 is 26.6. The number of imidazole rings is 1. The van der Waals surface area contributed by atoms with Gasteiger partial charge in [0.15, 0.2) is 11.6 Å². The van der Waals surface area contributed by atoms with Gasteiger partial charge in [0, 0.05) is 31.0 Å². The van der Waals surface area contributed by atoms with Crippen molar-refractivity contribution in [3.63, 3.8) is 0 Å². The predicted molar refractivity (Wildman–Crippen MR) is 122 cm³/mol. The van der Waals surface area contributed by atoms with Crippen LogP contribution in [0.1, 0.15) is 38.3 Å². The largest absolute Gasteiger partial charge is 0.494 e. The van der Waals surface area contributed by atoms with Crippen LogP contribution in [0, 0.1) is 12.7 Å². The Bertz CT molecular complexity index is 1210. The van der Waals surface area contributed by atoms with Crippen LogP contribution in [0.2, 0.25) is 0 Å². The highest BCUT2D eigenvalue weighted by molar-refractivity contribution is 5.74. The maximum Gasteiger partial charge on any atom is 0.410 e. The lowest BCUT2D eigenvalue weighted by atomic mass is 10.00. The molecule has 4 rings (SSSR count). The molecule has 0 unspecified atom stereocenters. The van der Waals surface area contributed by atoms with E-state index in [-0.39, 0.29) is 11.8 Å². The van der Waals surface area contributed by atoms with E-state index >= 15 is 0 Å². The van der Waals surface area contributed by atoms with Crippen LogP contribution in [-0.2, 0) is 4.74 Å². The molecule has 0 atom stereocenters. The molecular formula is C25H28FN3O3. The van der Waals surface area contributed by atoms with E-state index in [4.69, 9.17) is 14.5 Å². The van der Waals surface area contributed by atoms with Gasteiger partial charge in [-0.2, -0.15) is 0 Å². The number of aryl methyl sites for hydroxylation is 1. The monoisotopic (exact) mass is 437 g/mol. The zero-order chi connectivity index (χ0) is 23.0. The van der Waals surface area contributed by atoms with Gasteiger partial charge in [0.2, 0.25) is 0 Å². The highest BCUT2D eigenvalue weighted by Gasteiger charge is 2.24. The van der Waals surface area contributed by atoms with E-state index in [1.54, 1.807) is 17.0 Å². The van der Waals surface area contributed by atoms with Gasteiger partial charge in [-0.15, -0.1) is 0 Å². The molecule has 6 nitrogen and oxygen atoms in total. The summed E-state index contributed by atoms with van der Waals surface area (Å²) in [7, 11) is 1.45. The molecule has 2 aromatic heterocycles. The minimum atomic E-state index is -0.505. The number of ether oxygens (including phenoxy) is 2. The van der Waals surface area contributed by atoms with Gasteiger partial charge < -0.3 is 18.8 Å². The summed E-state index contributed by atoms with van der Waals surface area (Å²) in [6.07, 6.45) is 6.47. The SMILES string of the molecule is COc1ccc(-c2cn3cc(C4=CCN(C(=O)OC(C)(C)C)CC4)cc(C)c3n2)cc1F. The fraction of sp³-hybridized carbons (Fsp3) is 0.360. The first-order valence-electron chi connectivity index (χ1n) is 10.7. The second kappa shape index (κ2) is 8.30. The van der Waals surface area contributed by atoms with E-state index in [9.17, 15) is 9.18 Å². The summed E-state index contributed by atoms with van der Waals surface area (Å²) in [6, 6.07) is 6.95. The van der Waals surface area contributed by atoms with Crippen LogP contribution in [0.5, 0.6) is 5.75 Å². The number of rotatable bonds is 3. The number of carbonyl (C=O) groups is 1. The molecule has 0 fully saturated rings. The van der Waals surface area contributed by atoms with Crippen molar-refractivity contribution >= 4 is 17.3 Å².